The molecule has 1 rings (SSSR count). The molecule has 5 heteroatoms. The lowest BCUT2D eigenvalue weighted by Gasteiger charge is -2.20. The summed E-state index contributed by atoms with van der Waals surface area (Å²) in [6, 6.07) is 7.26. The smallest absolute Gasteiger partial charge is 0.313 e. The third-order valence-electron chi connectivity index (χ3n) is 2.56. The van der Waals surface area contributed by atoms with Crippen LogP contribution in [0, 0.1) is 0 Å². The van der Waals surface area contributed by atoms with E-state index in [2.05, 4.69) is 18.7 Å². The Bertz CT molecular complexity index is 413. The molecule has 0 saturated carbocycles. The molecule has 18 heavy (non-hydrogen) atoms. The van der Waals surface area contributed by atoms with Crippen molar-refractivity contribution in [2.24, 2.45) is 0 Å². The van der Waals surface area contributed by atoms with Crippen LogP contribution in [0.3, 0.4) is 0 Å². The van der Waals surface area contributed by atoms with E-state index < -0.39 is 5.97 Å². The van der Waals surface area contributed by atoms with Crippen LogP contribution in [-0.2, 0) is 4.79 Å². The Labute approximate surface area is 111 Å². The quantitative estimate of drug-likeness (QED) is 0.858. The normalized spacial score (nSPS) is 10.1. The lowest BCUT2D eigenvalue weighted by Crippen LogP contribution is -2.21. The summed E-state index contributed by atoms with van der Waals surface area (Å²) < 4.78 is 0. The van der Waals surface area contributed by atoms with Gasteiger partial charge in [0.1, 0.15) is 0 Å². The molecule has 0 amide bonds. The van der Waals surface area contributed by atoms with Gasteiger partial charge in [0.25, 0.3) is 0 Å². The van der Waals surface area contributed by atoms with E-state index in [0.29, 0.717) is 5.56 Å². The second kappa shape index (κ2) is 7.06. The Hall–Kier alpha value is -1.49. The summed E-state index contributed by atoms with van der Waals surface area (Å²) in [6.45, 7) is 5.98. The lowest BCUT2D eigenvalue weighted by molar-refractivity contribution is -0.133. The number of carboxylic acid groups (broad SMARTS) is 1. The van der Waals surface area contributed by atoms with Crippen LogP contribution in [0.15, 0.2) is 24.3 Å². The Morgan fingerprint density at radius 2 is 1.72 bits per heavy atom. The first-order valence-electron chi connectivity index (χ1n) is 5.82. The van der Waals surface area contributed by atoms with Crippen molar-refractivity contribution in [3.8, 4) is 0 Å². The number of carboxylic acids is 1. The predicted molar refractivity (Wildman–Crippen MR) is 74.4 cm³/mol. The fourth-order valence-corrected chi connectivity index (χ4v) is 2.17. The minimum atomic E-state index is -0.979. The highest BCUT2D eigenvalue weighted by molar-refractivity contribution is 8.14. The average molecular weight is 267 g/mol. The molecule has 0 aliphatic heterocycles. The maximum Gasteiger partial charge on any atom is 0.313 e. The highest BCUT2D eigenvalue weighted by Gasteiger charge is 2.09. The van der Waals surface area contributed by atoms with Crippen LogP contribution in [0.4, 0.5) is 5.69 Å². The number of nitrogens with zero attached hydrogens (tertiary/aromatic N) is 1. The van der Waals surface area contributed by atoms with E-state index >= 15 is 0 Å². The maximum atomic E-state index is 11.7. The van der Waals surface area contributed by atoms with E-state index in [-0.39, 0.29) is 10.9 Å². The van der Waals surface area contributed by atoms with E-state index in [1.54, 1.807) is 12.1 Å². The number of hydrogen-bond acceptors (Lipinski definition) is 4. The van der Waals surface area contributed by atoms with Gasteiger partial charge in [-0.15, -0.1) is 0 Å². The molecule has 0 heterocycles. The summed E-state index contributed by atoms with van der Waals surface area (Å²) in [5.74, 6) is -1.18. The average Bonchev–Trinajstić information content (AvgIpc) is 2.38. The molecular formula is C13H17NO3S. The van der Waals surface area contributed by atoms with Gasteiger partial charge in [-0.2, -0.15) is 0 Å². The number of rotatable bonds is 6. The molecule has 1 N–H and O–H groups in total. The zero-order valence-corrected chi connectivity index (χ0v) is 11.4. The van der Waals surface area contributed by atoms with Gasteiger partial charge in [-0.05, 0) is 38.1 Å². The summed E-state index contributed by atoms with van der Waals surface area (Å²) in [4.78, 5) is 24.2. The molecule has 0 fully saturated rings. The van der Waals surface area contributed by atoms with Gasteiger partial charge >= 0.3 is 5.97 Å². The number of hydrogen-bond donors (Lipinski definition) is 1. The van der Waals surface area contributed by atoms with Crippen LogP contribution in [0.2, 0.25) is 0 Å². The summed E-state index contributed by atoms with van der Waals surface area (Å²) in [6.07, 6.45) is 0. The van der Waals surface area contributed by atoms with Crippen molar-refractivity contribution in [1.29, 1.82) is 0 Å². The molecule has 98 valence electrons. The van der Waals surface area contributed by atoms with Crippen LogP contribution in [-0.4, -0.2) is 35.0 Å². The standard InChI is InChI=1S/C13H17NO3S/c1-3-14(4-2)11-7-5-10(6-8-11)13(17)18-9-12(15)16/h5-8H,3-4,9H2,1-2H3,(H,15,16). The molecular weight excluding hydrogens is 250 g/mol. The molecule has 0 bridgehead atoms. The number of aliphatic carboxylic acids is 1. The summed E-state index contributed by atoms with van der Waals surface area (Å²) >= 11 is 0.811. The third kappa shape index (κ3) is 4.07. The fourth-order valence-electron chi connectivity index (χ4n) is 1.61. The molecule has 0 radical (unpaired) electrons. The summed E-state index contributed by atoms with van der Waals surface area (Å²) in [5, 5.41) is 8.31. The van der Waals surface area contributed by atoms with E-state index in [1.807, 2.05) is 12.1 Å². The number of thioether (sulfide) groups is 1. The van der Waals surface area contributed by atoms with Crippen LogP contribution in [0.5, 0.6) is 0 Å². The largest absolute Gasteiger partial charge is 0.481 e. The van der Waals surface area contributed by atoms with Crippen molar-refractivity contribution in [1.82, 2.24) is 0 Å². The third-order valence-corrected chi connectivity index (χ3v) is 3.45. The predicted octanol–water partition coefficient (Wildman–Crippen LogP) is 2.49. The SMILES string of the molecule is CCN(CC)c1ccc(C(=O)SCC(=O)O)cc1. The van der Waals surface area contributed by atoms with E-state index in [0.717, 1.165) is 30.5 Å². The molecule has 0 saturated heterocycles. The summed E-state index contributed by atoms with van der Waals surface area (Å²) in [7, 11) is 0. The Balaban J connectivity index is 2.70. The maximum absolute atomic E-state index is 11.7. The minimum Gasteiger partial charge on any atom is -0.481 e. The van der Waals surface area contributed by atoms with Crippen LogP contribution in [0.25, 0.3) is 0 Å². The number of carbonyl (C=O) groups excluding carboxylic acids is 1. The molecule has 0 unspecified atom stereocenters. The van der Waals surface area contributed by atoms with Crippen molar-refractivity contribution in [3.05, 3.63) is 29.8 Å². The van der Waals surface area contributed by atoms with Crippen molar-refractivity contribution >= 4 is 28.5 Å². The summed E-state index contributed by atoms with van der Waals surface area (Å²) in [5.41, 5.74) is 1.61. The molecule has 4 nitrogen and oxygen atoms in total. The number of anilines is 1. The topological polar surface area (TPSA) is 57.6 Å². The van der Waals surface area contributed by atoms with Gasteiger partial charge in [0, 0.05) is 24.3 Å². The van der Waals surface area contributed by atoms with Gasteiger partial charge in [-0.3, -0.25) is 9.59 Å². The van der Waals surface area contributed by atoms with Crippen LogP contribution in [0.1, 0.15) is 24.2 Å². The van der Waals surface area contributed by atoms with Crippen molar-refractivity contribution in [2.75, 3.05) is 23.7 Å². The minimum absolute atomic E-state index is 0.198. The molecule has 0 aliphatic carbocycles. The van der Waals surface area contributed by atoms with Crippen LogP contribution >= 0.6 is 11.8 Å². The Morgan fingerprint density at radius 3 is 2.17 bits per heavy atom. The first-order valence-corrected chi connectivity index (χ1v) is 6.81. The fraction of sp³-hybridized carbons (Fsp3) is 0.385. The highest BCUT2D eigenvalue weighted by atomic mass is 32.2. The molecule has 0 aliphatic rings. The molecule has 0 aromatic heterocycles. The van der Waals surface area contributed by atoms with Gasteiger partial charge < -0.3 is 10.0 Å². The van der Waals surface area contributed by atoms with E-state index in [9.17, 15) is 9.59 Å². The van der Waals surface area contributed by atoms with Gasteiger partial charge in [0.15, 0.2) is 0 Å². The first kappa shape index (κ1) is 14.6. The first-order chi connectivity index (χ1) is 8.58. The van der Waals surface area contributed by atoms with Crippen molar-refractivity contribution in [2.45, 2.75) is 13.8 Å². The van der Waals surface area contributed by atoms with Gasteiger partial charge in [-0.1, -0.05) is 11.8 Å². The monoisotopic (exact) mass is 267 g/mol. The second-order valence-corrected chi connectivity index (χ2v) is 4.64. The van der Waals surface area contributed by atoms with E-state index in [1.165, 1.54) is 0 Å². The second-order valence-electron chi connectivity index (χ2n) is 3.69. The van der Waals surface area contributed by atoms with Gasteiger partial charge in [-0.25, -0.2) is 0 Å². The number of benzene rings is 1. The van der Waals surface area contributed by atoms with Crippen molar-refractivity contribution in [3.63, 3.8) is 0 Å². The number of carbonyl (C=O) groups is 2. The molecule has 0 atom stereocenters. The highest BCUT2D eigenvalue weighted by Crippen LogP contribution is 2.18. The zero-order chi connectivity index (χ0) is 13.5. The van der Waals surface area contributed by atoms with E-state index in [4.69, 9.17) is 5.11 Å². The molecule has 0 spiro atoms. The van der Waals surface area contributed by atoms with Gasteiger partial charge in [0.05, 0.1) is 5.75 Å². The Morgan fingerprint density at radius 1 is 1.17 bits per heavy atom. The van der Waals surface area contributed by atoms with Crippen molar-refractivity contribution < 1.29 is 14.7 Å². The molecule has 1 aromatic rings. The zero-order valence-electron chi connectivity index (χ0n) is 10.5. The van der Waals surface area contributed by atoms with Crippen LogP contribution < -0.4 is 4.90 Å². The van der Waals surface area contributed by atoms with Gasteiger partial charge in [0.2, 0.25) is 5.12 Å². The Kier molecular flexibility index (Phi) is 5.71. The lowest BCUT2D eigenvalue weighted by atomic mass is 10.2. The molecule has 1 aromatic carbocycles.